The smallest absolute Gasteiger partial charge is 0.323 e. The van der Waals surface area contributed by atoms with E-state index in [-0.39, 0.29) is 17.9 Å². The summed E-state index contributed by atoms with van der Waals surface area (Å²) in [6.07, 6.45) is 2.03. The second-order valence-corrected chi connectivity index (χ2v) is 9.12. The van der Waals surface area contributed by atoms with Crippen molar-refractivity contribution in [2.24, 2.45) is 0 Å². The van der Waals surface area contributed by atoms with E-state index in [9.17, 15) is 14.4 Å². The van der Waals surface area contributed by atoms with Crippen LogP contribution in [0.4, 0.5) is 21.9 Å². The molecule has 3 saturated heterocycles. The van der Waals surface area contributed by atoms with Gasteiger partial charge in [0.25, 0.3) is 5.91 Å². The molecule has 6 rings (SSSR count). The predicted molar refractivity (Wildman–Crippen MR) is 138 cm³/mol. The van der Waals surface area contributed by atoms with Crippen LogP contribution in [-0.4, -0.2) is 59.9 Å². The third-order valence-corrected chi connectivity index (χ3v) is 6.65. The van der Waals surface area contributed by atoms with Crippen LogP contribution in [0.3, 0.4) is 0 Å². The lowest BCUT2D eigenvalue weighted by atomic mass is 10.1. The molecule has 0 radical (unpaired) electrons. The second kappa shape index (κ2) is 10.2. The van der Waals surface area contributed by atoms with Gasteiger partial charge in [-0.05, 0) is 61.4 Å². The highest BCUT2D eigenvalue weighted by molar-refractivity contribution is 6.03. The first-order valence-electron chi connectivity index (χ1n) is 12.1. The maximum atomic E-state index is 13.1. The number of carbonyl (C=O) groups is 3. The third kappa shape index (κ3) is 5.26. The fraction of sp³-hybridized carbons (Fsp3) is 0.296. The zero-order chi connectivity index (χ0) is 25.1. The third-order valence-electron chi connectivity index (χ3n) is 6.65. The van der Waals surface area contributed by atoms with Crippen LogP contribution in [0.25, 0.3) is 11.3 Å². The van der Waals surface area contributed by atoms with E-state index < -0.39 is 6.03 Å². The Balaban J connectivity index is 1.22. The normalized spacial score (nSPS) is 18.9. The highest BCUT2D eigenvalue weighted by Crippen LogP contribution is 2.27. The minimum absolute atomic E-state index is 0.0514. The predicted octanol–water partition coefficient (Wildman–Crippen LogP) is 4.47. The number of benzene rings is 2. The van der Waals surface area contributed by atoms with Gasteiger partial charge in [-0.1, -0.05) is 12.1 Å². The Hall–Kier alpha value is -4.11. The quantitative estimate of drug-likeness (QED) is 0.492. The molecule has 4 amide bonds. The van der Waals surface area contributed by atoms with Crippen molar-refractivity contribution < 1.29 is 18.8 Å². The zero-order valence-electron chi connectivity index (χ0n) is 20.1. The molecule has 3 aliphatic rings. The van der Waals surface area contributed by atoms with Crippen LogP contribution in [0, 0.1) is 0 Å². The molecule has 3 fully saturated rings. The molecule has 36 heavy (non-hydrogen) atoms. The van der Waals surface area contributed by atoms with Crippen LogP contribution in [0.5, 0.6) is 0 Å². The molecule has 0 unspecified atom stereocenters. The van der Waals surface area contributed by atoms with E-state index in [1.807, 2.05) is 17.0 Å². The van der Waals surface area contributed by atoms with E-state index in [0.717, 1.165) is 44.6 Å². The van der Waals surface area contributed by atoms with E-state index in [0.29, 0.717) is 28.6 Å². The molecule has 1 aromatic heterocycles. The number of para-hydroxylation sites is 2. The van der Waals surface area contributed by atoms with Gasteiger partial charge >= 0.3 is 6.03 Å². The van der Waals surface area contributed by atoms with Crippen LogP contribution in [0.1, 0.15) is 30.3 Å². The molecule has 3 aromatic rings. The van der Waals surface area contributed by atoms with Crippen LogP contribution in [0.2, 0.25) is 0 Å². The fourth-order valence-corrected chi connectivity index (χ4v) is 4.80. The minimum Gasteiger partial charge on any atom is -0.451 e. The summed E-state index contributed by atoms with van der Waals surface area (Å²) in [7, 11) is 0. The molecular formula is C27H29N5O4. The van der Waals surface area contributed by atoms with Crippen molar-refractivity contribution in [1.29, 1.82) is 0 Å². The first-order chi connectivity index (χ1) is 17.5. The number of nitrogens with one attached hydrogen (secondary N) is 3. The molecule has 3 N–H and O–H groups in total. The van der Waals surface area contributed by atoms with Crippen LogP contribution in [0.15, 0.2) is 65.1 Å². The summed E-state index contributed by atoms with van der Waals surface area (Å²) in [6.45, 7) is 5.16. The molecule has 0 spiro atoms. The Morgan fingerprint density at radius 2 is 1.50 bits per heavy atom. The Morgan fingerprint density at radius 1 is 0.806 bits per heavy atom. The van der Waals surface area contributed by atoms with E-state index >= 15 is 0 Å². The minimum atomic E-state index is -0.436. The molecule has 2 aromatic carbocycles. The van der Waals surface area contributed by atoms with Crippen molar-refractivity contribution in [1.82, 2.24) is 9.80 Å². The lowest BCUT2D eigenvalue weighted by molar-refractivity contribution is -0.114. The summed E-state index contributed by atoms with van der Waals surface area (Å²) in [5.41, 5.74) is 2.40. The second-order valence-electron chi connectivity index (χ2n) is 9.12. The summed E-state index contributed by atoms with van der Waals surface area (Å²) in [6, 6.07) is 17.5. The highest BCUT2D eigenvalue weighted by Gasteiger charge is 2.33. The number of nitrogens with zero attached hydrogens (tertiary/aromatic N) is 2. The monoisotopic (exact) mass is 487 g/mol. The van der Waals surface area contributed by atoms with Gasteiger partial charge in [-0.25, -0.2) is 4.79 Å². The van der Waals surface area contributed by atoms with E-state index in [2.05, 4.69) is 20.9 Å². The van der Waals surface area contributed by atoms with Crippen molar-refractivity contribution >= 4 is 34.9 Å². The van der Waals surface area contributed by atoms with Gasteiger partial charge < -0.3 is 30.2 Å². The van der Waals surface area contributed by atoms with Gasteiger partial charge in [-0.3, -0.25) is 9.59 Å². The van der Waals surface area contributed by atoms with Crippen molar-refractivity contribution in [3.8, 4) is 11.3 Å². The summed E-state index contributed by atoms with van der Waals surface area (Å²) >= 11 is 0. The summed E-state index contributed by atoms with van der Waals surface area (Å²) in [5, 5.41) is 8.21. The van der Waals surface area contributed by atoms with Gasteiger partial charge in [0.15, 0.2) is 5.76 Å². The molecule has 0 atom stereocenters. The number of hydrogen-bond acceptors (Lipinski definition) is 5. The van der Waals surface area contributed by atoms with E-state index in [4.69, 9.17) is 4.42 Å². The summed E-state index contributed by atoms with van der Waals surface area (Å²) in [4.78, 5) is 41.4. The molecule has 186 valence electrons. The Bertz CT molecular complexity index is 1260. The van der Waals surface area contributed by atoms with Gasteiger partial charge in [0.2, 0.25) is 5.91 Å². The molecule has 3 aliphatic heterocycles. The average Bonchev–Trinajstić information content (AvgIpc) is 3.17. The number of fused-ring (bicyclic) bond motifs is 4. The molecule has 4 heterocycles. The van der Waals surface area contributed by atoms with Crippen molar-refractivity contribution in [3.63, 3.8) is 0 Å². The number of carbonyl (C=O) groups excluding carboxylic acids is 3. The lowest BCUT2D eigenvalue weighted by Gasteiger charge is -2.30. The summed E-state index contributed by atoms with van der Waals surface area (Å²) < 4.78 is 5.94. The SMILES string of the molecule is CC(=O)Nc1ccccc1NC(=O)Nc1ccc(-c2ccc(C(=O)N3CCN4CCC3CC4)o2)cc1. The number of rotatable bonds is 5. The Kier molecular flexibility index (Phi) is 6.73. The molecule has 9 heteroatoms. The van der Waals surface area contributed by atoms with Crippen molar-refractivity contribution in [2.45, 2.75) is 25.8 Å². The molecular weight excluding hydrogens is 458 g/mol. The summed E-state index contributed by atoms with van der Waals surface area (Å²) in [5.74, 6) is 0.676. The first kappa shape index (κ1) is 23.6. The number of amides is 4. The van der Waals surface area contributed by atoms with Gasteiger partial charge in [0.05, 0.1) is 11.4 Å². The first-order valence-corrected chi connectivity index (χ1v) is 12.1. The largest absolute Gasteiger partial charge is 0.451 e. The Morgan fingerprint density at radius 3 is 2.19 bits per heavy atom. The van der Waals surface area contributed by atoms with Crippen LogP contribution in [-0.2, 0) is 4.79 Å². The standard InChI is InChI=1S/C27H29N5O4/c1-18(33)28-22-4-2-3-5-23(22)30-27(35)29-20-8-6-19(7-9-20)24-10-11-25(36-24)26(34)32-17-16-31-14-12-21(32)13-15-31/h2-11,21H,12-17H2,1H3,(H,28,33)(H2,29,30,35). The molecule has 9 nitrogen and oxygen atoms in total. The molecule has 0 saturated carbocycles. The van der Waals surface area contributed by atoms with E-state index in [1.165, 1.54) is 6.92 Å². The van der Waals surface area contributed by atoms with Crippen LogP contribution < -0.4 is 16.0 Å². The molecule has 0 aliphatic carbocycles. The van der Waals surface area contributed by atoms with Crippen molar-refractivity contribution in [2.75, 3.05) is 42.1 Å². The number of anilines is 3. The number of piperidine rings is 1. The van der Waals surface area contributed by atoms with Gasteiger partial charge in [-0.2, -0.15) is 0 Å². The Labute approximate surface area is 209 Å². The highest BCUT2D eigenvalue weighted by atomic mass is 16.4. The van der Waals surface area contributed by atoms with E-state index in [1.54, 1.807) is 48.5 Å². The topological polar surface area (TPSA) is 107 Å². The zero-order valence-corrected chi connectivity index (χ0v) is 20.1. The molecule has 2 bridgehead atoms. The maximum absolute atomic E-state index is 13.1. The fourth-order valence-electron chi connectivity index (χ4n) is 4.80. The number of furan rings is 1. The van der Waals surface area contributed by atoms with Gasteiger partial charge in [0, 0.05) is 50.4 Å². The van der Waals surface area contributed by atoms with Crippen LogP contribution >= 0.6 is 0 Å². The van der Waals surface area contributed by atoms with Gasteiger partial charge in [0.1, 0.15) is 5.76 Å². The lowest BCUT2D eigenvalue weighted by Crippen LogP contribution is -2.41. The average molecular weight is 488 g/mol. The maximum Gasteiger partial charge on any atom is 0.323 e. The number of hydrogen-bond donors (Lipinski definition) is 3. The number of urea groups is 1. The van der Waals surface area contributed by atoms with Gasteiger partial charge in [-0.15, -0.1) is 0 Å². The van der Waals surface area contributed by atoms with Crippen molar-refractivity contribution in [3.05, 3.63) is 66.4 Å².